The van der Waals surface area contributed by atoms with Crippen molar-refractivity contribution in [2.24, 2.45) is 0 Å². The molecule has 1 saturated heterocycles. The number of nitrogens with zero attached hydrogens (tertiary/aromatic N) is 2. The first-order chi connectivity index (χ1) is 12.2. The summed E-state index contributed by atoms with van der Waals surface area (Å²) in [6, 6.07) is 16.5. The number of rotatable bonds is 5. The second-order valence-electron chi connectivity index (χ2n) is 6.30. The molecule has 0 unspecified atom stereocenters. The van der Waals surface area contributed by atoms with Gasteiger partial charge in [-0.15, -0.1) is 0 Å². The van der Waals surface area contributed by atoms with Gasteiger partial charge < -0.3 is 4.90 Å². The molecular formula is C21H23FN2O. The minimum absolute atomic E-state index is 0.0741. The predicted octanol–water partition coefficient (Wildman–Crippen LogP) is 3.23. The van der Waals surface area contributed by atoms with Gasteiger partial charge in [0.25, 0.3) is 0 Å². The maximum absolute atomic E-state index is 13.2. The van der Waals surface area contributed by atoms with Crippen molar-refractivity contribution in [1.29, 1.82) is 0 Å². The third-order valence-electron chi connectivity index (χ3n) is 4.44. The maximum atomic E-state index is 13.2. The zero-order valence-corrected chi connectivity index (χ0v) is 14.3. The molecule has 0 aliphatic carbocycles. The van der Waals surface area contributed by atoms with Gasteiger partial charge >= 0.3 is 0 Å². The Kier molecular flexibility index (Phi) is 5.96. The predicted molar refractivity (Wildman–Crippen MR) is 98.6 cm³/mol. The second-order valence-corrected chi connectivity index (χ2v) is 6.30. The zero-order valence-electron chi connectivity index (χ0n) is 14.3. The lowest BCUT2D eigenvalue weighted by molar-refractivity contribution is -0.132. The largest absolute Gasteiger partial charge is 0.340 e. The lowest BCUT2D eigenvalue weighted by Crippen LogP contribution is -2.49. The van der Waals surface area contributed by atoms with Crippen molar-refractivity contribution in [2.75, 3.05) is 32.7 Å². The number of carbonyl (C=O) groups is 1. The summed E-state index contributed by atoms with van der Waals surface area (Å²) in [6.07, 6.45) is 4.56. The number of hydrogen-bond donors (Lipinski definition) is 0. The fourth-order valence-electron chi connectivity index (χ4n) is 3.02. The molecule has 25 heavy (non-hydrogen) atoms. The lowest BCUT2D eigenvalue weighted by atomic mass is 10.1. The molecule has 1 aliphatic rings. The Balaban J connectivity index is 1.43. The van der Waals surface area contributed by atoms with E-state index in [-0.39, 0.29) is 18.1 Å². The van der Waals surface area contributed by atoms with E-state index in [1.165, 1.54) is 17.7 Å². The average Bonchev–Trinajstić information content (AvgIpc) is 2.63. The molecular weight excluding hydrogens is 315 g/mol. The smallest absolute Gasteiger partial charge is 0.227 e. The van der Waals surface area contributed by atoms with Gasteiger partial charge in [0, 0.05) is 32.7 Å². The minimum atomic E-state index is -0.291. The Hall–Kier alpha value is -2.46. The molecule has 1 fully saturated rings. The summed E-state index contributed by atoms with van der Waals surface area (Å²) < 4.78 is 13.2. The Morgan fingerprint density at radius 1 is 1.00 bits per heavy atom. The summed E-state index contributed by atoms with van der Waals surface area (Å²) in [7, 11) is 0. The summed E-state index contributed by atoms with van der Waals surface area (Å²) in [5, 5.41) is 0. The van der Waals surface area contributed by atoms with Crippen molar-refractivity contribution >= 4 is 12.0 Å². The van der Waals surface area contributed by atoms with Crippen LogP contribution < -0.4 is 0 Å². The molecule has 1 heterocycles. The molecule has 4 heteroatoms. The number of amides is 1. The lowest BCUT2D eigenvalue weighted by Gasteiger charge is -2.34. The molecule has 130 valence electrons. The van der Waals surface area contributed by atoms with Crippen LogP contribution in [0.15, 0.2) is 60.7 Å². The summed E-state index contributed by atoms with van der Waals surface area (Å²) in [5.41, 5.74) is 1.93. The molecule has 1 aliphatic heterocycles. The first-order valence-electron chi connectivity index (χ1n) is 8.67. The molecule has 1 amide bonds. The molecule has 0 saturated carbocycles. The van der Waals surface area contributed by atoms with E-state index in [4.69, 9.17) is 0 Å². The third-order valence-corrected chi connectivity index (χ3v) is 4.44. The van der Waals surface area contributed by atoms with E-state index in [0.717, 1.165) is 38.3 Å². The molecule has 0 aromatic heterocycles. The van der Waals surface area contributed by atoms with Gasteiger partial charge in [-0.05, 0) is 23.3 Å². The fraction of sp³-hybridized carbons (Fsp3) is 0.286. The van der Waals surface area contributed by atoms with Crippen LogP contribution in [-0.2, 0) is 11.2 Å². The minimum Gasteiger partial charge on any atom is -0.340 e. The summed E-state index contributed by atoms with van der Waals surface area (Å²) >= 11 is 0. The molecule has 0 atom stereocenters. The third kappa shape index (κ3) is 5.26. The van der Waals surface area contributed by atoms with Crippen molar-refractivity contribution in [1.82, 2.24) is 9.80 Å². The topological polar surface area (TPSA) is 23.6 Å². The van der Waals surface area contributed by atoms with Crippen LogP contribution in [0.2, 0.25) is 0 Å². The van der Waals surface area contributed by atoms with E-state index < -0.39 is 0 Å². The highest BCUT2D eigenvalue weighted by atomic mass is 19.1. The molecule has 0 N–H and O–H groups in total. The van der Waals surface area contributed by atoms with Crippen LogP contribution in [0.25, 0.3) is 6.08 Å². The van der Waals surface area contributed by atoms with Crippen LogP contribution in [0.3, 0.4) is 0 Å². The van der Waals surface area contributed by atoms with E-state index in [0.29, 0.717) is 0 Å². The Labute approximate surface area is 148 Å². The van der Waals surface area contributed by atoms with Crippen LogP contribution in [0.1, 0.15) is 11.1 Å². The van der Waals surface area contributed by atoms with Crippen molar-refractivity contribution < 1.29 is 9.18 Å². The SMILES string of the molecule is O=C(Cc1cccc(F)c1)N1CCN(C/C=C/c2ccccc2)CC1. The summed E-state index contributed by atoms with van der Waals surface area (Å²) in [6.45, 7) is 4.09. The normalized spacial score (nSPS) is 15.6. The summed E-state index contributed by atoms with van der Waals surface area (Å²) in [5.74, 6) is -0.217. The Morgan fingerprint density at radius 3 is 2.48 bits per heavy atom. The number of piperazine rings is 1. The summed E-state index contributed by atoms with van der Waals surface area (Å²) in [4.78, 5) is 16.6. The van der Waals surface area contributed by atoms with Gasteiger partial charge in [-0.25, -0.2) is 4.39 Å². The van der Waals surface area contributed by atoms with E-state index in [1.807, 2.05) is 23.1 Å². The van der Waals surface area contributed by atoms with Crippen molar-refractivity contribution in [3.8, 4) is 0 Å². The van der Waals surface area contributed by atoms with E-state index >= 15 is 0 Å². The molecule has 3 rings (SSSR count). The number of benzene rings is 2. The van der Waals surface area contributed by atoms with Gasteiger partial charge in [-0.3, -0.25) is 9.69 Å². The highest BCUT2D eigenvalue weighted by molar-refractivity contribution is 5.78. The van der Waals surface area contributed by atoms with Crippen LogP contribution in [0, 0.1) is 5.82 Å². The molecule has 3 nitrogen and oxygen atoms in total. The fourth-order valence-corrected chi connectivity index (χ4v) is 3.02. The second kappa shape index (κ2) is 8.58. The Morgan fingerprint density at radius 2 is 1.76 bits per heavy atom. The van der Waals surface area contributed by atoms with Gasteiger partial charge in [0.1, 0.15) is 5.82 Å². The highest BCUT2D eigenvalue weighted by Gasteiger charge is 2.20. The molecule has 0 bridgehead atoms. The number of hydrogen-bond acceptors (Lipinski definition) is 2. The molecule has 2 aromatic rings. The van der Waals surface area contributed by atoms with Gasteiger partial charge in [0.05, 0.1) is 6.42 Å². The quantitative estimate of drug-likeness (QED) is 0.836. The first-order valence-corrected chi connectivity index (χ1v) is 8.67. The van der Waals surface area contributed by atoms with Gasteiger partial charge in [-0.2, -0.15) is 0 Å². The zero-order chi connectivity index (χ0) is 17.5. The van der Waals surface area contributed by atoms with Crippen LogP contribution in [0.4, 0.5) is 4.39 Å². The van der Waals surface area contributed by atoms with E-state index in [2.05, 4.69) is 29.2 Å². The Bertz CT molecular complexity index is 722. The van der Waals surface area contributed by atoms with E-state index in [9.17, 15) is 9.18 Å². The van der Waals surface area contributed by atoms with Crippen LogP contribution in [0.5, 0.6) is 0 Å². The van der Waals surface area contributed by atoms with Gasteiger partial charge in [0.15, 0.2) is 0 Å². The van der Waals surface area contributed by atoms with Crippen molar-refractivity contribution in [3.63, 3.8) is 0 Å². The number of carbonyl (C=O) groups excluding carboxylic acids is 1. The first kappa shape index (κ1) is 17.4. The van der Waals surface area contributed by atoms with Gasteiger partial charge in [0.2, 0.25) is 5.91 Å². The van der Waals surface area contributed by atoms with Crippen LogP contribution >= 0.6 is 0 Å². The van der Waals surface area contributed by atoms with E-state index in [1.54, 1.807) is 12.1 Å². The average molecular weight is 338 g/mol. The van der Waals surface area contributed by atoms with Gasteiger partial charge in [-0.1, -0.05) is 54.6 Å². The maximum Gasteiger partial charge on any atom is 0.227 e. The number of halogens is 1. The van der Waals surface area contributed by atoms with Crippen molar-refractivity contribution in [3.05, 3.63) is 77.6 Å². The van der Waals surface area contributed by atoms with Crippen LogP contribution in [-0.4, -0.2) is 48.4 Å². The molecule has 2 aromatic carbocycles. The highest BCUT2D eigenvalue weighted by Crippen LogP contribution is 2.09. The molecule has 0 radical (unpaired) electrons. The molecule has 0 spiro atoms. The monoisotopic (exact) mass is 338 g/mol. The standard InChI is InChI=1S/C21H23FN2O/c22-20-10-4-8-19(16-20)17-21(25)24-14-12-23(13-15-24)11-5-9-18-6-2-1-3-7-18/h1-10,16H,11-15,17H2/b9-5+. The van der Waals surface area contributed by atoms with Crippen molar-refractivity contribution in [2.45, 2.75) is 6.42 Å².